The van der Waals surface area contributed by atoms with Crippen LogP contribution in [0.1, 0.15) is 23.2 Å². The van der Waals surface area contributed by atoms with Crippen molar-refractivity contribution in [1.29, 1.82) is 0 Å². The zero-order valence-corrected chi connectivity index (χ0v) is 21.2. The zero-order valence-electron chi connectivity index (χ0n) is 18.7. The van der Waals surface area contributed by atoms with Gasteiger partial charge < -0.3 is 10.1 Å². The molecule has 2 heterocycles. The molecule has 2 N–H and O–H groups in total. The van der Waals surface area contributed by atoms with Crippen LogP contribution in [0.3, 0.4) is 0 Å². The lowest BCUT2D eigenvalue weighted by Crippen LogP contribution is -2.28. The number of nitrogens with one attached hydrogen (secondary N) is 2. The van der Waals surface area contributed by atoms with Gasteiger partial charge in [0.25, 0.3) is 15.9 Å². The molecule has 0 spiro atoms. The summed E-state index contributed by atoms with van der Waals surface area (Å²) in [6.07, 6.45) is 1.76. The maximum absolute atomic E-state index is 12.6. The van der Waals surface area contributed by atoms with Crippen LogP contribution in [0.5, 0.6) is 5.75 Å². The molecule has 186 valence electrons. The third-order valence-corrected chi connectivity index (χ3v) is 10.0. The Labute approximate surface area is 208 Å². The van der Waals surface area contributed by atoms with E-state index in [1.54, 1.807) is 23.6 Å². The van der Waals surface area contributed by atoms with E-state index in [-0.39, 0.29) is 28.2 Å². The molecule has 35 heavy (non-hydrogen) atoms. The first kappa shape index (κ1) is 25.2. The van der Waals surface area contributed by atoms with E-state index in [9.17, 15) is 21.6 Å². The Morgan fingerprint density at radius 2 is 1.63 bits per heavy atom. The van der Waals surface area contributed by atoms with Crippen LogP contribution in [0.25, 0.3) is 0 Å². The first-order valence-corrected chi connectivity index (χ1v) is 14.7. The summed E-state index contributed by atoms with van der Waals surface area (Å²) < 4.78 is 59.4. The highest BCUT2D eigenvalue weighted by Gasteiger charge is 2.27. The average Bonchev–Trinajstić information content (AvgIpc) is 3.58. The van der Waals surface area contributed by atoms with Crippen LogP contribution in [-0.2, 0) is 20.0 Å². The third kappa shape index (κ3) is 6.20. The fourth-order valence-electron chi connectivity index (χ4n) is 3.53. The van der Waals surface area contributed by atoms with Crippen molar-refractivity contribution in [2.75, 3.05) is 31.0 Å². The second kappa shape index (κ2) is 10.8. The van der Waals surface area contributed by atoms with Crippen LogP contribution >= 0.6 is 11.3 Å². The first-order chi connectivity index (χ1) is 16.8. The van der Waals surface area contributed by atoms with Crippen LogP contribution in [-0.4, -0.2) is 53.3 Å². The van der Waals surface area contributed by atoms with E-state index in [1.165, 1.54) is 46.8 Å². The molecule has 0 bridgehead atoms. The van der Waals surface area contributed by atoms with Crippen LogP contribution in [0.2, 0.25) is 0 Å². The second-order valence-corrected chi connectivity index (χ2v) is 12.6. The van der Waals surface area contributed by atoms with Crippen molar-refractivity contribution >= 4 is 43.0 Å². The Morgan fingerprint density at radius 3 is 2.26 bits per heavy atom. The maximum Gasteiger partial charge on any atom is 0.271 e. The van der Waals surface area contributed by atoms with E-state index in [0.29, 0.717) is 30.1 Å². The predicted molar refractivity (Wildman–Crippen MR) is 134 cm³/mol. The van der Waals surface area contributed by atoms with Gasteiger partial charge in [0.05, 0.1) is 11.4 Å². The number of nitrogens with zero attached hydrogens (tertiary/aromatic N) is 1. The number of hydrogen-bond acceptors (Lipinski definition) is 7. The number of hydrogen-bond donors (Lipinski definition) is 2. The van der Waals surface area contributed by atoms with Gasteiger partial charge in [0.1, 0.15) is 16.6 Å². The molecule has 0 saturated carbocycles. The quantitative estimate of drug-likeness (QED) is 0.385. The van der Waals surface area contributed by atoms with Crippen LogP contribution in [0.15, 0.2) is 75.1 Å². The van der Waals surface area contributed by atoms with E-state index in [2.05, 4.69) is 10.0 Å². The molecule has 1 fully saturated rings. The molecule has 0 unspecified atom stereocenters. The Kier molecular flexibility index (Phi) is 7.75. The number of carbonyl (C=O) groups excluding carboxylic acids is 1. The van der Waals surface area contributed by atoms with Crippen molar-refractivity contribution < 1.29 is 26.4 Å². The van der Waals surface area contributed by atoms with Gasteiger partial charge in [-0.3, -0.25) is 9.52 Å². The summed E-state index contributed by atoms with van der Waals surface area (Å²) in [4.78, 5) is 12.6. The molecule has 0 atom stereocenters. The van der Waals surface area contributed by atoms with E-state index in [0.717, 1.165) is 24.2 Å². The highest BCUT2D eigenvalue weighted by atomic mass is 32.2. The first-order valence-electron chi connectivity index (χ1n) is 10.9. The number of thiophene rings is 1. The highest BCUT2D eigenvalue weighted by Crippen LogP contribution is 2.23. The number of anilines is 1. The molecule has 0 aliphatic carbocycles. The second-order valence-electron chi connectivity index (χ2n) is 7.80. The Balaban J connectivity index is 1.23. The summed E-state index contributed by atoms with van der Waals surface area (Å²) in [5.41, 5.74) is 0.731. The lowest BCUT2D eigenvalue weighted by atomic mass is 10.2. The molecule has 1 amide bonds. The molecular weight excluding hydrogens is 510 g/mol. The third-order valence-electron chi connectivity index (χ3n) is 5.34. The van der Waals surface area contributed by atoms with Gasteiger partial charge >= 0.3 is 0 Å². The number of benzene rings is 2. The Hall–Kier alpha value is -2.93. The van der Waals surface area contributed by atoms with Crippen LogP contribution < -0.4 is 14.8 Å². The number of ether oxygens (including phenoxy) is 1. The summed E-state index contributed by atoms with van der Waals surface area (Å²) in [6.45, 7) is 1.53. The van der Waals surface area contributed by atoms with Gasteiger partial charge in [-0.05, 0) is 72.8 Å². The molecular formula is C23H25N3O6S3. The van der Waals surface area contributed by atoms with E-state index in [4.69, 9.17) is 4.74 Å². The topological polar surface area (TPSA) is 122 Å². The zero-order chi connectivity index (χ0) is 24.9. The number of sulfonamides is 2. The minimum Gasteiger partial charge on any atom is -0.492 e. The van der Waals surface area contributed by atoms with Crippen molar-refractivity contribution in [1.82, 2.24) is 9.62 Å². The van der Waals surface area contributed by atoms with Gasteiger partial charge in [0.2, 0.25) is 10.0 Å². The smallest absolute Gasteiger partial charge is 0.271 e. The largest absolute Gasteiger partial charge is 0.492 e. The van der Waals surface area contributed by atoms with Crippen LogP contribution in [0.4, 0.5) is 5.69 Å². The van der Waals surface area contributed by atoms with Gasteiger partial charge in [-0.2, -0.15) is 4.31 Å². The molecule has 1 aliphatic rings. The molecule has 1 aromatic heterocycles. The van der Waals surface area contributed by atoms with Crippen molar-refractivity contribution in [3.63, 3.8) is 0 Å². The highest BCUT2D eigenvalue weighted by molar-refractivity contribution is 7.94. The summed E-state index contributed by atoms with van der Waals surface area (Å²) in [5.74, 6) is 0.176. The molecule has 9 nitrogen and oxygen atoms in total. The lowest BCUT2D eigenvalue weighted by Gasteiger charge is -2.15. The van der Waals surface area contributed by atoms with Gasteiger partial charge in [-0.15, -0.1) is 11.3 Å². The van der Waals surface area contributed by atoms with E-state index < -0.39 is 20.0 Å². The summed E-state index contributed by atoms with van der Waals surface area (Å²) in [5, 5.41) is 4.41. The molecule has 1 saturated heterocycles. The molecule has 2 aromatic carbocycles. The maximum atomic E-state index is 12.6. The number of carbonyl (C=O) groups is 1. The fraction of sp³-hybridized carbons (Fsp3) is 0.261. The molecule has 4 rings (SSSR count). The minimum absolute atomic E-state index is 0.197. The van der Waals surface area contributed by atoms with Crippen molar-refractivity contribution in [3.05, 3.63) is 71.6 Å². The van der Waals surface area contributed by atoms with Gasteiger partial charge in [0.15, 0.2) is 0 Å². The van der Waals surface area contributed by atoms with E-state index >= 15 is 0 Å². The number of rotatable bonds is 10. The predicted octanol–water partition coefficient (Wildman–Crippen LogP) is 3.14. The monoisotopic (exact) mass is 535 g/mol. The summed E-state index contributed by atoms with van der Waals surface area (Å²) in [7, 11) is -7.11. The average molecular weight is 536 g/mol. The minimum atomic E-state index is -3.65. The van der Waals surface area contributed by atoms with Crippen molar-refractivity contribution in [2.45, 2.75) is 21.9 Å². The van der Waals surface area contributed by atoms with Gasteiger partial charge in [-0.25, -0.2) is 16.8 Å². The molecule has 3 aromatic rings. The number of amides is 1. The van der Waals surface area contributed by atoms with Crippen molar-refractivity contribution in [3.8, 4) is 5.75 Å². The van der Waals surface area contributed by atoms with Gasteiger partial charge in [-0.1, -0.05) is 6.07 Å². The van der Waals surface area contributed by atoms with E-state index in [1.807, 2.05) is 0 Å². The van der Waals surface area contributed by atoms with Crippen molar-refractivity contribution in [2.24, 2.45) is 0 Å². The summed E-state index contributed by atoms with van der Waals surface area (Å²) >= 11 is 1.12. The lowest BCUT2D eigenvalue weighted by molar-refractivity contribution is 0.0947. The SMILES string of the molecule is O=C(NCCOc1ccc(S(=O)(=O)N2CCCC2)cc1)c1ccc(NS(=O)(=O)c2cccs2)cc1. The molecule has 12 heteroatoms. The Bertz CT molecular complexity index is 1350. The standard InChI is InChI=1S/C23H25N3O6S3/c27-23(18-5-7-19(8-6-18)25-34(28,29)22-4-3-17-33-22)24-13-16-32-20-9-11-21(12-10-20)35(30,31)26-14-1-2-15-26/h3-12,17,25H,1-2,13-16H2,(H,24,27). The Morgan fingerprint density at radius 1 is 0.943 bits per heavy atom. The molecule has 0 radical (unpaired) electrons. The van der Waals surface area contributed by atoms with Gasteiger partial charge in [0, 0.05) is 24.3 Å². The van der Waals surface area contributed by atoms with Crippen LogP contribution in [0, 0.1) is 0 Å². The summed E-state index contributed by atoms with van der Waals surface area (Å²) in [6, 6.07) is 15.5. The normalized spacial score (nSPS) is 14.5. The molecule has 1 aliphatic heterocycles. The fourth-order valence-corrected chi connectivity index (χ4v) is 7.10.